The first-order valence-corrected chi connectivity index (χ1v) is 6.60. The summed E-state index contributed by atoms with van der Waals surface area (Å²) in [6.45, 7) is 0.985. The highest BCUT2D eigenvalue weighted by atomic mass is 79.9. The molecular formula is C10H11BrN2O2S. The number of thiophene rings is 1. The lowest BCUT2D eigenvalue weighted by atomic mass is 10.1. The Balaban J connectivity index is 1.82. The lowest BCUT2D eigenvalue weighted by molar-refractivity contribution is -0.126. The molecule has 1 atom stereocenters. The molecule has 1 aromatic rings. The van der Waals surface area contributed by atoms with E-state index in [0.29, 0.717) is 19.5 Å². The van der Waals surface area contributed by atoms with Gasteiger partial charge in [-0.3, -0.25) is 9.59 Å². The maximum Gasteiger partial charge on any atom is 0.225 e. The maximum absolute atomic E-state index is 11.7. The van der Waals surface area contributed by atoms with Gasteiger partial charge >= 0.3 is 0 Å². The molecule has 1 aliphatic heterocycles. The number of hydrogen-bond acceptors (Lipinski definition) is 3. The van der Waals surface area contributed by atoms with Crippen LogP contribution in [0.15, 0.2) is 15.9 Å². The average molecular weight is 303 g/mol. The molecule has 0 aliphatic carbocycles. The van der Waals surface area contributed by atoms with Crippen molar-refractivity contribution in [2.24, 2.45) is 5.92 Å². The van der Waals surface area contributed by atoms with Gasteiger partial charge in [-0.25, -0.2) is 0 Å². The molecule has 0 saturated carbocycles. The minimum absolute atomic E-state index is 0.0426. The number of hydrogen-bond donors (Lipinski definition) is 2. The minimum atomic E-state index is -0.212. The Hall–Kier alpha value is -0.880. The second-order valence-corrected chi connectivity index (χ2v) is 5.57. The van der Waals surface area contributed by atoms with Gasteiger partial charge in [0.2, 0.25) is 11.8 Å². The summed E-state index contributed by atoms with van der Waals surface area (Å²) in [6.07, 6.45) is 0.306. The van der Waals surface area contributed by atoms with Crippen molar-refractivity contribution in [1.82, 2.24) is 10.6 Å². The highest BCUT2D eigenvalue weighted by Gasteiger charge is 2.27. The summed E-state index contributed by atoms with van der Waals surface area (Å²) in [5.74, 6) is -0.308. The van der Waals surface area contributed by atoms with Crippen LogP contribution in [0.4, 0.5) is 0 Å². The largest absolute Gasteiger partial charge is 0.355 e. The van der Waals surface area contributed by atoms with Crippen LogP contribution in [-0.2, 0) is 16.1 Å². The van der Waals surface area contributed by atoms with Crippen molar-refractivity contribution >= 4 is 39.1 Å². The molecule has 1 aromatic heterocycles. The molecule has 0 bridgehead atoms. The second-order valence-electron chi connectivity index (χ2n) is 3.65. The fourth-order valence-electron chi connectivity index (χ4n) is 1.56. The fraction of sp³-hybridized carbons (Fsp3) is 0.400. The van der Waals surface area contributed by atoms with Crippen LogP contribution in [0.3, 0.4) is 0 Å². The zero-order chi connectivity index (χ0) is 11.5. The number of carbonyl (C=O) groups excluding carboxylic acids is 2. The van der Waals surface area contributed by atoms with Gasteiger partial charge in [0.15, 0.2) is 0 Å². The van der Waals surface area contributed by atoms with E-state index in [-0.39, 0.29) is 17.7 Å². The number of rotatable bonds is 3. The molecule has 4 nitrogen and oxygen atoms in total. The Morgan fingerprint density at radius 1 is 1.69 bits per heavy atom. The van der Waals surface area contributed by atoms with Crippen molar-refractivity contribution in [3.8, 4) is 0 Å². The van der Waals surface area contributed by atoms with Crippen LogP contribution < -0.4 is 10.6 Å². The summed E-state index contributed by atoms with van der Waals surface area (Å²) in [5.41, 5.74) is 0. The van der Waals surface area contributed by atoms with E-state index >= 15 is 0 Å². The standard InChI is InChI=1S/C10H11BrN2O2S/c11-7-2-8(16-5-7)4-13-10(15)6-1-9(14)12-3-6/h2,5-6H,1,3-4H2,(H,12,14)(H,13,15). The lowest BCUT2D eigenvalue weighted by Gasteiger charge is -2.07. The van der Waals surface area contributed by atoms with Crippen molar-refractivity contribution in [3.05, 3.63) is 20.8 Å². The fourth-order valence-corrected chi connectivity index (χ4v) is 2.95. The molecule has 1 unspecified atom stereocenters. The summed E-state index contributed by atoms with van der Waals surface area (Å²) in [6, 6.07) is 1.98. The van der Waals surface area contributed by atoms with E-state index in [2.05, 4.69) is 26.6 Å². The van der Waals surface area contributed by atoms with Gasteiger partial charge in [0.25, 0.3) is 0 Å². The number of halogens is 1. The van der Waals surface area contributed by atoms with Gasteiger partial charge in [0.1, 0.15) is 0 Å². The van der Waals surface area contributed by atoms with Gasteiger partial charge in [0, 0.05) is 27.7 Å². The van der Waals surface area contributed by atoms with E-state index in [4.69, 9.17) is 0 Å². The van der Waals surface area contributed by atoms with Crippen molar-refractivity contribution in [3.63, 3.8) is 0 Å². The lowest BCUT2D eigenvalue weighted by Crippen LogP contribution is -2.31. The van der Waals surface area contributed by atoms with Gasteiger partial charge in [-0.2, -0.15) is 0 Å². The Kier molecular flexibility index (Phi) is 3.60. The first-order chi connectivity index (χ1) is 7.65. The average Bonchev–Trinajstić information content (AvgIpc) is 2.84. The van der Waals surface area contributed by atoms with Gasteiger partial charge in [-0.05, 0) is 22.0 Å². The van der Waals surface area contributed by atoms with Crippen molar-refractivity contribution in [2.75, 3.05) is 6.54 Å². The predicted molar refractivity (Wildman–Crippen MR) is 65.0 cm³/mol. The molecule has 0 spiro atoms. The molecule has 2 rings (SSSR count). The van der Waals surface area contributed by atoms with Gasteiger partial charge in [-0.15, -0.1) is 11.3 Å². The SMILES string of the molecule is O=C1CC(C(=O)NCc2cc(Br)cs2)CN1. The number of amides is 2. The Morgan fingerprint density at radius 2 is 2.50 bits per heavy atom. The van der Waals surface area contributed by atoms with E-state index < -0.39 is 0 Å². The van der Waals surface area contributed by atoms with Crippen LogP contribution >= 0.6 is 27.3 Å². The van der Waals surface area contributed by atoms with Crippen LogP contribution in [0.25, 0.3) is 0 Å². The van der Waals surface area contributed by atoms with Crippen LogP contribution in [0.2, 0.25) is 0 Å². The number of carbonyl (C=O) groups is 2. The Bertz CT molecular complexity index is 419. The first-order valence-electron chi connectivity index (χ1n) is 4.92. The molecule has 2 N–H and O–H groups in total. The molecular weight excluding hydrogens is 292 g/mol. The number of nitrogens with one attached hydrogen (secondary N) is 2. The summed E-state index contributed by atoms with van der Waals surface area (Å²) < 4.78 is 1.03. The van der Waals surface area contributed by atoms with Crippen molar-refractivity contribution in [2.45, 2.75) is 13.0 Å². The summed E-state index contributed by atoms with van der Waals surface area (Å²) >= 11 is 4.95. The molecule has 1 aliphatic rings. The van der Waals surface area contributed by atoms with Crippen LogP contribution in [0.5, 0.6) is 0 Å². The third-order valence-corrected chi connectivity index (χ3v) is 4.10. The summed E-state index contributed by atoms with van der Waals surface area (Å²) in [7, 11) is 0. The molecule has 16 heavy (non-hydrogen) atoms. The zero-order valence-electron chi connectivity index (χ0n) is 8.46. The topological polar surface area (TPSA) is 58.2 Å². The van der Waals surface area contributed by atoms with Crippen molar-refractivity contribution < 1.29 is 9.59 Å². The molecule has 0 radical (unpaired) electrons. The van der Waals surface area contributed by atoms with E-state index in [0.717, 1.165) is 9.35 Å². The summed E-state index contributed by atoms with van der Waals surface area (Å²) in [4.78, 5) is 23.7. The quantitative estimate of drug-likeness (QED) is 0.883. The molecule has 86 valence electrons. The molecule has 1 saturated heterocycles. The van der Waals surface area contributed by atoms with Crippen LogP contribution in [-0.4, -0.2) is 18.4 Å². The third-order valence-electron chi connectivity index (χ3n) is 2.41. The van der Waals surface area contributed by atoms with E-state index in [1.54, 1.807) is 11.3 Å². The predicted octanol–water partition coefficient (Wildman–Crippen LogP) is 1.26. The molecule has 0 aromatic carbocycles. The molecule has 2 amide bonds. The molecule has 1 fully saturated rings. The van der Waals surface area contributed by atoms with E-state index in [1.165, 1.54) is 0 Å². The highest BCUT2D eigenvalue weighted by Crippen LogP contribution is 2.19. The van der Waals surface area contributed by atoms with E-state index in [1.807, 2.05) is 11.4 Å². The summed E-state index contributed by atoms with van der Waals surface area (Å²) in [5, 5.41) is 7.46. The minimum Gasteiger partial charge on any atom is -0.355 e. The van der Waals surface area contributed by atoms with Gasteiger partial charge in [-0.1, -0.05) is 0 Å². The Labute approximate surface area is 106 Å². The second kappa shape index (κ2) is 4.97. The zero-order valence-corrected chi connectivity index (χ0v) is 10.9. The first kappa shape index (κ1) is 11.6. The van der Waals surface area contributed by atoms with Gasteiger partial charge < -0.3 is 10.6 Å². The maximum atomic E-state index is 11.7. The smallest absolute Gasteiger partial charge is 0.225 e. The molecule has 2 heterocycles. The van der Waals surface area contributed by atoms with Crippen molar-refractivity contribution in [1.29, 1.82) is 0 Å². The molecule has 6 heteroatoms. The monoisotopic (exact) mass is 302 g/mol. The third kappa shape index (κ3) is 2.82. The van der Waals surface area contributed by atoms with Crippen LogP contribution in [0, 0.1) is 5.92 Å². The van der Waals surface area contributed by atoms with E-state index in [9.17, 15) is 9.59 Å². The van der Waals surface area contributed by atoms with Gasteiger partial charge in [0.05, 0.1) is 12.5 Å². The highest BCUT2D eigenvalue weighted by molar-refractivity contribution is 9.10. The Morgan fingerprint density at radius 3 is 3.06 bits per heavy atom. The normalized spacial score (nSPS) is 19.6. The van der Waals surface area contributed by atoms with Crippen LogP contribution in [0.1, 0.15) is 11.3 Å².